The lowest BCUT2D eigenvalue weighted by atomic mass is 10.3. The fraction of sp³-hybridized carbons (Fsp3) is 0.400. The van der Waals surface area contributed by atoms with Gasteiger partial charge < -0.3 is 5.11 Å². The van der Waals surface area contributed by atoms with Crippen molar-refractivity contribution in [3.63, 3.8) is 0 Å². The van der Waals surface area contributed by atoms with E-state index in [9.17, 15) is 26.4 Å². The number of rotatable bonds is 5. The lowest BCUT2D eigenvalue weighted by molar-refractivity contribution is -0.0485. The maximum atomic E-state index is 12.5. The van der Waals surface area contributed by atoms with Gasteiger partial charge in [-0.25, -0.2) is 9.29 Å². The van der Waals surface area contributed by atoms with Crippen LogP contribution in [0.4, 0.5) is 13.2 Å². The molecular formula is C10H11F3N2O4S2. The molecule has 6 nitrogen and oxygen atoms in total. The van der Waals surface area contributed by atoms with Crippen molar-refractivity contribution in [1.82, 2.24) is 9.29 Å². The Kier molecular flexibility index (Phi) is 5.59. The van der Waals surface area contributed by atoms with Gasteiger partial charge in [0.2, 0.25) is 0 Å². The summed E-state index contributed by atoms with van der Waals surface area (Å²) in [6, 6.07) is 3.97. The number of carbonyl (C=O) groups excluding carboxylic acids is 1. The van der Waals surface area contributed by atoms with Crippen molar-refractivity contribution in [1.29, 1.82) is 0 Å². The Balaban J connectivity index is 3.26. The second kappa shape index (κ2) is 6.62. The third-order valence-corrected chi connectivity index (χ3v) is 4.42. The summed E-state index contributed by atoms with van der Waals surface area (Å²) < 4.78 is 59.9. The zero-order chi connectivity index (χ0) is 16.3. The topological polar surface area (TPSA) is 87.6 Å². The minimum absolute atomic E-state index is 0.342. The first-order valence-corrected chi connectivity index (χ1v) is 8.07. The Labute approximate surface area is 123 Å². The molecule has 0 unspecified atom stereocenters. The van der Waals surface area contributed by atoms with E-state index in [1.54, 1.807) is 6.26 Å². The second-order valence-corrected chi connectivity index (χ2v) is 6.30. The molecule has 0 aromatic carbocycles. The maximum absolute atomic E-state index is 12.5. The predicted octanol–water partition coefficient (Wildman–Crippen LogP) is 1.09. The Morgan fingerprint density at radius 1 is 1.43 bits per heavy atom. The number of sulfonamides is 1. The number of aliphatic hydroxyl groups excluding tert-OH is 1. The van der Waals surface area contributed by atoms with Gasteiger partial charge in [-0.2, -0.15) is 21.6 Å². The SMILES string of the molecule is CSc1cccc(C(=O)N(CCO)S(=O)(=O)C(F)(F)F)n1. The Morgan fingerprint density at radius 3 is 2.52 bits per heavy atom. The molecule has 0 atom stereocenters. The molecule has 1 aromatic rings. The zero-order valence-electron chi connectivity index (χ0n) is 10.7. The highest BCUT2D eigenvalue weighted by molar-refractivity contribution is 7.98. The number of halogens is 3. The van der Waals surface area contributed by atoms with Gasteiger partial charge in [0, 0.05) is 0 Å². The summed E-state index contributed by atoms with van der Waals surface area (Å²) in [5.41, 5.74) is -6.10. The lowest BCUT2D eigenvalue weighted by Gasteiger charge is -2.22. The number of carbonyl (C=O) groups is 1. The highest BCUT2D eigenvalue weighted by Gasteiger charge is 2.52. The molecule has 0 aliphatic carbocycles. The van der Waals surface area contributed by atoms with Crippen LogP contribution in [0.15, 0.2) is 23.2 Å². The number of thioether (sulfide) groups is 1. The Morgan fingerprint density at radius 2 is 2.05 bits per heavy atom. The quantitative estimate of drug-likeness (QED) is 0.805. The number of aliphatic hydroxyl groups is 1. The molecule has 11 heteroatoms. The van der Waals surface area contributed by atoms with E-state index in [2.05, 4.69) is 4.98 Å². The van der Waals surface area contributed by atoms with Crippen molar-refractivity contribution >= 4 is 27.7 Å². The van der Waals surface area contributed by atoms with Gasteiger partial charge in [0.15, 0.2) is 0 Å². The van der Waals surface area contributed by atoms with Gasteiger partial charge in [-0.15, -0.1) is 11.8 Å². The van der Waals surface area contributed by atoms with Crippen LogP contribution in [0.25, 0.3) is 0 Å². The van der Waals surface area contributed by atoms with Crippen LogP contribution in [0, 0.1) is 0 Å². The monoisotopic (exact) mass is 344 g/mol. The summed E-state index contributed by atoms with van der Waals surface area (Å²) in [6.07, 6.45) is 1.63. The molecule has 1 rings (SSSR count). The molecule has 1 amide bonds. The fourth-order valence-corrected chi connectivity index (χ4v) is 2.61. The van der Waals surface area contributed by atoms with Crippen molar-refractivity contribution in [2.24, 2.45) is 0 Å². The summed E-state index contributed by atoms with van der Waals surface area (Å²) >= 11 is 1.14. The minimum Gasteiger partial charge on any atom is -0.394 e. The predicted molar refractivity (Wildman–Crippen MR) is 69.1 cm³/mol. The first-order valence-electron chi connectivity index (χ1n) is 5.40. The number of hydrogen-bond donors (Lipinski definition) is 1. The molecule has 0 aliphatic heterocycles. The molecule has 1 heterocycles. The van der Waals surface area contributed by atoms with Gasteiger partial charge in [-0.3, -0.25) is 4.79 Å². The Hall–Kier alpha value is -1.33. The smallest absolute Gasteiger partial charge is 0.394 e. The van der Waals surface area contributed by atoms with E-state index in [0.717, 1.165) is 17.8 Å². The van der Waals surface area contributed by atoms with Gasteiger partial charge in [0.25, 0.3) is 5.91 Å². The van der Waals surface area contributed by atoms with E-state index >= 15 is 0 Å². The van der Waals surface area contributed by atoms with Crippen LogP contribution in [-0.2, 0) is 10.0 Å². The summed E-state index contributed by atoms with van der Waals surface area (Å²) in [5, 5.41) is 9.05. The average Bonchev–Trinajstić information content (AvgIpc) is 2.42. The number of alkyl halides is 3. The number of nitrogens with zero attached hydrogens (tertiary/aromatic N) is 2. The van der Waals surface area contributed by atoms with E-state index in [0.29, 0.717) is 5.03 Å². The molecule has 0 saturated carbocycles. The van der Waals surface area contributed by atoms with Crippen LogP contribution < -0.4 is 0 Å². The summed E-state index contributed by atoms with van der Waals surface area (Å²) in [5.74, 6) is -1.45. The molecule has 1 N–H and O–H groups in total. The van der Waals surface area contributed by atoms with Crippen LogP contribution in [-0.4, -0.2) is 53.6 Å². The largest absolute Gasteiger partial charge is 0.516 e. The van der Waals surface area contributed by atoms with Crippen LogP contribution in [0.1, 0.15) is 10.5 Å². The molecule has 0 aliphatic rings. The molecule has 0 radical (unpaired) electrons. The standard InChI is InChI=1S/C10H11F3N2O4S2/c1-20-8-4-2-3-7(14-8)9(17)15(5-6-16)21(18,19)10(11,12)13/h2-4,16H,5-6H2,1H3. The van der Waals surface area contributed by atoms with Crippen molar-refractivity contribution in [2.75, 3.05) is 19.4 Å². The van der Waals surface area contributed by atoms with Gasteiger partial charge in [-0.05, 0) is 18.4 Å². The van der Waals surface area contributed by atoms with Gasteiger partial charge in [0.1, 0.15) is 5.69 Å². The van der Waals surface area contributed by atoms with Crippen molar-refractivity contribution in [3.05, 3.63) is 23.9 Å². The highest BCUT2D eigenvalue weighted by Crippen LogP contribution is 2.27. The van der Waals surface area contributed by atoms with E-state index in [4.69, 9.17) is 5.11 Å². The zero-order valence-corrected chi connectivity index (χ0v) is 12.3. The van der Waals surface area contributed by atoms with E-state index in [1.165, 1.54) is 12.1 Å². The third kappa shape index (κ3) is 3.86. The molecule has 0 fully saturated rings. The molecule has 1 aromatic heterocycles. The first-order chi connectivity index (χ1) is 9.65. The molecule has 118 valence electrons. The highest BCUT2D eigenvalue weighted by atomic mass is 32.2. The van der Waals surface area contributed by atoms with Gasteiger partial charge >= 0.3 is 15.5 Å². The van der Waals surface area contributed by atoms with E-state index in [1.807, 2.05) is 0 Å². The molecule has 21 heavy (non-hydrogen) atoms. The van der Waals surface area contributed by atoms with Crippen LogP contribution >= 0.6 is 11.8 Å². The van der Waals surface area contributed by atoms with Crippen LogP contribution in [0.2, 0.25) is 0 Å². The van der Waals surface area contributed by atoms with Gasteiger partial charge in [-0.1, -0.05) is 6.07 Å². The molecule has 0 saturated heterocycles. The average molecular weight is 344 g/mol. The third-order valence-electron chi connectivity index (χ3n) is 2.26. The summed E-state index contributed by atoms with van der Waals surface area (Å²) in [6.45, 7) is -1.95. The molecular weight excluding hydrogens is 333 g/mol. The summed E-state index contributed by atoms with van der Waals surface area (Å²) in [7, 11) is -5.89. The number of hydrogen-bond acceptors (Lipinski definition) is 6. The van der Waals surface area contributed by atoms with Crippen LogP contribution in [0.5, 0.6) is 0 Å². The summed E-state index contributed by atoms with van der Waals surface area (Å²) in [4.78, 5) is 15.7. The van der Waals surface area contributed by atoms with Crippen molar-refractivity contribution < 1.29 is 31.5 Å². The fourth-order valence-electron chi connectivity index (χ4n) is 1.32. The lowest BCUT2D eigenvalue weighted by Crippen LogP contribution is -2.46. The van der Waals surface area contributed by atoms with Gasteiger partial charge in [0.05, 0.1) is 18.2 Å². The van der Waals surface area contributed by atoms with Crippen molar-refractivity contribution in [2.45, 2.75) is 10.5 Å². The van der Waals surface area contributed by atoms with E-state index in [-0.39, 0.29) is 0 Å². The number of pyridine rings is 1. The van der Waals surface area contributed by atoms with Crippen molar-refractivity contribution in [3.8, 4) is 0 Å². The van der Waals surface area contributed by atoms with E-state index < -0.39 is 44.6 Å². The number of aromatic nitrogens is 1. The minimum atomic E-state index is -5.89. The molecule has 0 spiro atoms. The first kappa shape index (κ1) is 17.7. The molecule has 0 bridgehead atoms. The second-order valence-electron chi connectivity index (χ2n) is 3.62. The Bertz CT molecular complexity index is 619. The normalized spacial score (nSPS) is 12.2. The van der Waals surface area contributed by atoms with Crippen LogP contribution in [0.3, 0.4) is 0 Å². The number of amides is 1. The maximum Gasteiger partial charge on any atom is 0.516 e.